The third-order valence-corrected chi connectivity index (χ3v) is 14.5. The van der Waals surface area contributed by atoms with Gasteiger partial charge in [-0.25, -0.2) is 0 Å². The van der Waals surface area contributed by atoms with Crippen LogP contribution in [0.1, 0.15) is 167 Å². The van der Waals surface area contributed by atoms with Gasteiger partial charge in [-0.2, -0.15) is 0 Å². The van der Waals surface area contributed by atoms with Crippen LogP contribution in [0.4, 0.5) is 0 Å². The molecule has 6 atom stereocenters. The van der Waals surface area contributed by atoms with Gasteiger partial charge in [0.15, 0.2) is 17.3 Å². The van der Waals surface area contributed by atoms with E-state index in [1.54, 1.807) is 4.90 Å². The predicted octanol–water partition coefficient (Wildman–Crippen LogP) is 7.76. The Morgan fingerprint density at radius 1 is 0.796 bits per heavy atom. The number of Topliss-reactive ketones (excluding diaryl/α,β-unsaturated/α-hetero) is 4. The number of likely N-dealkylation sites (tertiary alicyclic amines) is 2. The van der Waals surface area contributed by atoms with Crippen molar-refractivity contribution in [1.82, 2.24) is 15.1 Å². The maximum absolute atomic E-state index is 15.1. The largest absolute Gasteiger partial charge is 0.344 e. The molecule has 2 aliphatic heterocycles. The molecular weight excluding hydrogens is 679 g/mol. The number of nitrogens with one attached hydrogen (secondary N) is 1. The van der Waals surface area contributed by atoms with Gasteiger partial charge in [-0.1, -0.05) is 95.4 Å². The van der Waals surface area contributed by atoms with E-state index >= 15 is 4.79 Å². The van der Waals surface area contributed by atoms with Crippen LogP contribution in [0.5, 0.6) is 0 Å². The Kier molecular flexibility index (Phi) is 13.3. The number of fused-ring (bicyclic) bond motifs is 1. The third kappa shape index (κ3) is 8.32. The first-order valence-electron chi connectivity index (χ1n) is 21.4. The molecule has 2 spiro atoms. The fourth-order valence-electron chi connectivity index (χ4n) is 11.0. The standard InChI is InChI=1S/C45H75N3O6/c1-14-18-30(37(52)35(50)23-28(2)3)24-34(49)33-26-45(43(12,13)44(45)20-17-21-44)27-48(33)40(54)31(41(6,7)8)25-36(51)38(42(9,10)11)46-39(53)32-19-15-16-22-47(32)29(4)5/h28-33,38H,14-27H2,1-13H3,(H,46,53)/t30-,31-,32+,33+,38-,45-/m1/s1. The highest BCUT2D eigenvalue weighted by atomic mass is 16.2. The predicted molar refractivity (Wildman–Crippen MR) is 214 cm³/mol. The Balaban J connectivity index is 1.64. The minimum atomic E-state index is -0.786. The molecule has 9 heteroatoms. The van der Waals surface area contributed by atoms with Gasteiger partial charge in [0, 0.05) is 49.1 Å². The lowest BCUT2D eigenvalue weighted by atomic mass is 9.73. The summed E-state index contributed by atoms with van der Waals surface area (Å²) in [5.74, 6) is -2.92. The van der Waals surface area contributed by atoms with Crippen molar-refractivity contribution in [1.29, 1.82) is 0 Å². The van der Waals surface area contributed by atoms with Gasteiger partial charge in [-0.15, -0.1) is 0 Å². The molecule has 306 valence electrons. The van der Waals surface area contributed by atoms with Gasteiger partial charge in [0.2, 0.25) is 17.6 Å². The minimum Gasteiger partial charge on any atom is -0.344 e. The number of rotatable bonds is 16. The third-order valence-electron chi connectivity index (χ3n) is 14.5. The van der Waals surface area contributed by atoms with Crippen LogP contribution < -0.4 is 5.32 Å². The first-order chi connectivity index (χ1) is 24.9. The van der Waals surface area contributed by atoms with Gasteiger partial charge < -0.3 is 10.2 Å². The molecule has 4 fully saturated rings. The Bertz CT molecular complexity index is 1450. The molecule has 0 aromatic rings. The molecule has 9 nitrogen and oxygen atoms in total. The van der Waals surface area contributed by atoms with Gasteiger partial charge in [-0.05, 0) is 86.5 Å². The molecule has 0 radical (unpaired) electrons. The van der Waals surface area contributed by atoms with E-state index in [1.165, 1.54) is 0 Å². The smallest absolute Gasteiger partial charge is 0.237 e. The first-order valence-corrected chi connectivity index (χ1v) is 21.4. The molecule has 2 heterocycles. The van der Waals surface area contributed by atoms with E-state index < -0.39 is 46.3 Å². The summed E-state index contributed by atoms with van der Waals surface area (Å²) in [6.07, 6.45) is 7.77. The lowest BCUT2D eigenvalue weighted by Gasteiger charge is -2.40. The number of hydrogen-bond acceptors (Lipinski definition) is 7. The summed E-state index contributed by atoms with van der Waals surface area (Å²) in [6, 6.07) is -1.59. The topological polar surface area (TPSA) is 121 Å². The van der Waals surface area contributed by atoms with Crippen LogP contribution in [-0.2, 0) is 28.8 Å². The van der Waals surface area contributed by atoms with Crippen molar-refractivity contribution in [3.8, 4) is 0 Å². The maximum Gasteiger partial charge on any atom is 0.237 e. The molecule has 1 N–H and O–H groups in total. The number of nitrogens with zero attached hydrogens (tertiary/aromatic N) is 2. The van der Waals surface area contributed by atoms with Crippen LogP contribution in [-0.4, -0.2) is 82.0 Å². The number of piperidine rings is 1. The van der Waals surface area contributed by atoms with E-state index in [0.29, 0.717) is 25.8 Å². The van der Waals surface area contributed by atoms with Gasteiger partial charge in [0.25, 0.3) is 0 Å². The molecule has 0 bridgehead atoms. The summed E-state index contributed by atoms with van der Waals surface area (Å²) in [7, 11) is 0. The second-order valence-electron chi connectivity index (χ2n) is 21.1. The average Bonchev–Trinajstić information content (AvgIpc) is 3.26. The van der Waals surface area contributed by atoms with Crippen molar-refractivity contribution in [2.45, 2.75) is 191 Å². The zero-order valence-electron chi connectivity index (χ0n) is 36.3. The zero-order chi connectivity index (χ0) is 40.8. The normalized spacial score (nSPS) is 26.8. The maximum atomic E-state index is 15.1. The highest BCUT2D eigenvalue weighted by Crippen LogP contribution is 2.88. The van der Waals surface area contributed by atoms with Gasteiger partial charge in [0.05, 0.1) is 18.1 Å². The van der Waals surface area contributed by atoms with Crippen LogP contribution in [0.2, 0.25) is 0 Å². The SMILES string of the molecule is CCC[C@H](CC(=O)[C@@H]1C[C@@]2(CN1C(=O)[C@@H](CC(=O)[C@@H](NC(=O)[C@@H]1CCCCN1C(C)C)C(C)(C)C)C(C)(C)C)C(C)(C)C21CCC1)C(=O)C(=O)CC(C)C. The number of amides is 2. The van der Waals surface area contributed by atoms with E-state index in [-0.39, 0.29) is 76.9 Å². The molecule has 0 unspecified atom stereocenters. The molecule has 4 rings (SSSR count). The molecule has 2 aliphatic carbocycles. The molecule has 0 aromatic carbocycles. The van der Waals surface area contributed by atoms with Crippen molar-refractivity contribution in [2.75, 3.05) is 13.1 Å². The quantitative estimate of drug-likeness (QED) is 0.160. The Morgan fingerprint density at radius 2 is 1.43 bits per heavy atom. The van der Waals surface area contributed by atoms with Crippen molar-refractivity contribution in [2.24, 2.45) is 44.8 Å². The zero-order valence-corrected chi connectivity index (χ0v) is 36.3. The minimum absolute atomic E-state index is 0.0447. The lowest BCUT2D eigenvalue weighted by Crippen LogP contribution is -2.58. The highest BCUT2D eigenvalue weighted by molar-refractivity contribution is 6.38. The van der Waals surface area contributed by atoms with Crippen LogP contribution in [0.25, 0.3) is 0 Å². The van der Waals surface area contributed by atoms with Crippen LogP contribution in [0.15, 0.2) is 0 Å². The van der Waals surface area contributed by atoms with Crippen molar-refractivity contribution in [3.05, 3.63) is 0 Å². The number of hydrogen-bond donors (Lipinski definition) is 1. The molecular formula is C45H75N3O6. The summed E-state index contributed by atoms with van der Waals surface area (Å²) in [6.45, 7) is 27.6. The van der Waals surface area contributed by atoms with Crippen LogP contribution in [0, 0.1) is 44.8 Å². The molecule has 4 aliphatic rings. The van der Waals surface area contributed by atoms with Crippen molar-refractivity contribution < 1.29 is 28.8 Å². The molecule has 2 saturated carbocycles. The van der Waals surface area contributed by atoms with E-state index in [1.807, 2.05) is 62.3 Å². The van der Waals surface area contributed by atoms with Gasteiger partial charge in [0.1, 0.15) is 0 Å². The average molecular weight is 754 g/mol. The second-order valence-corrected chi connectivity index (χ2v) is 21.1. The summed E-state index contributed by atoms with van der Waals surface area (Å²) >= 11 is 0. The fourth-order valence-corrected chi connectivity index (χ4v) is 11.0. The van der Waals surface area contributed by atoms with E-state index in [2.05, 4.69) is 37.9 Å². The first kappa shape index (κ1) is 44.3. The summed E-state index contributed by atoms with van der Waals surface area (Å²) in [5, 5.41) is 3.16. The van der Waals surface area contributed by atoms with Crippen molar-refractivity contribution in [3.63, 3.8) is 0 Å². The highest BCUT2D eigenvalue weighted by Gasteiger charge is 2.85. The van der Waals surface area contributed by atoms with Gasteiger partial charge >= 0.3 is 0 Å². The summed E-state index contributed by atoms with van der Waals surface area (Å²) < 4.78 is 0. The monoisotopic (exact) mass is 754 g/mol. The van der Waals surface area contributed by atoms with Crippen LogP contribution >= 0.6 is 0 Å². The van der Waals surface area contributed by atoms with Crippen LogP contribution in [0.3, 0.4) is 0 Å². The van der Waals surface area contributed by atoms with E-state index in [9.17, 15) is 24.0 Å². The lowest BCUT2D eigenvalue weighted by molar-refractivity contribution is -0.147. The number of carbonyl (C=O) groups is 6. The van der Waals surface area contributed by atoms with E-state index in [0.717, 1.165) is 45.1 Å². The number of ketones is 4. The summed E-state index contributed by atoms with van der Waals surface area (Å²) in [5.41, 5.74) is -1.37. The van der Waals surface area contributed by atoms with E-state index in [4.69, 9.17) is 0 Å². The van der Waals surface area contributed by atoms with Crippen molar-refractivity contribution >= 4 is 34.9 Å². The molecule has 2 saturated heterocycles. The number of carbonyl (C=O) groups excluding carboxylic acids is 6. The Hall–Kier alpha value is -2.42. The summed E-state index contributed by atoms with van der Waals surface area (Å²) in [4.78, 5) is 88.4. The molecule has 54 heavy (non-hydrogen) atoms. The second kappa shape index (κ2) is 16.2. The molecule has 0 aromatic heterocycles. The van der Waals surface area contributed by atoms with Gasteiger partial charge in [-0.3, -0.25) is 33.7 Å². The Morgan fingerprint density at radius 3 is 1.91 bits per heavy atom. The molecule has 2 amide bonds. The Labute approximate surface area is 327 Å². The fraction of sp³-hybridized carbons (Fsp3) is 0.867.